The molecule has 100 valence electrons. The molecule has 4 N–H and O–H groups in total. The van der Waals surface area contributed by atoms with Crippen LogP contribution in [0.3, 0.4) is 0 Å². The molecule has 0 aliphatic rings. The summed E-state index contributed by atoms with van der Waals surface area (Å²) in [7, 11) is -3.62. The van der Waals surface area contributed by atoms with Gasteiger partial charge in [0.15, 0.2) is 0 Å². The van der Waals surface area contributed by atoms with E-state index in [1.165, 1.54) is 0 Å². The zero-order chi connectivity index (χ0) is 14.5. The molecule has 0 saturated heterocycles. The minimum Gasteiger partial charge on any atom is -0.423 e. The predicted molar refractivity (Wildman–Crippen MR) is 80.1 cm³/mol. The Morgan fingerprint density at radius 3 is 1.10 bits per heavy atom. The van der Waals surface area contributed by atoms with Gasteiger partial charge in [0.2, 0.25) is 0 Å². The molecular formula is C14H14B2O4. The van der Waals surface area contributed by atoms with Crippen molar-refractivity contribution in [3.05, 3.63) is 71.8 Å². The van der Waals surface area contributed by atoms with E-state index in [-0.39, 0.29) is 10.9 Å². The normalized spacial score (nSPS) is 11.8. The highest BCUT2D eigenvalue weighted by Gasteiger charge is 2.28. The molecule has 4 nitrogen and oxygen atoms in total. The first-order chi connectivity index (χ1) is 9.61. The quantitative estimate of drug-likeness (QED) is 0.484. The van der Waals surface area contributed by atoms with Crippen LogP contribution in [-0.4, -0.2) is 34.3 Å². The van der Waals surface area contributed by atoms with Crippen molar-refractivity contribution in [3.63, 3.8) is 0 Å². The van der Waals surface area contributed by atoms with Gasteiger partial charge in [-0.05, 0) is 22.1 Å². The van der Waals surface area contributed by atoms with Gasteiger partial charge in [-0.1, -0.05) is 60.7 Å². The molecular weight excluding hydrogens is 254 g/mol. The van der Waals surface area contributed by atoms with E-state index in [4.69, 9.17) is 0 Å². The van der Waals surface area contributed by atoms with Crippen LogP contribution >= 0.6 is 0 Å². The maximum absolute atomic E-state index is 9.62. The summed E-state index contributed by atoms with van der Waals surface area (Å²) in [5, 5.41) is 38.5. The second-order valence-electron chi connectivity index (χ2n) is 4.31. The van der Waals surface area contributed by atoms with Crippen LogP contribution in [0.15, 0.2) is 60.7 Å². The van der Waals surface area contributed by atoms with E-state index in [1.807, 2.05) is 0 Å². The van der Waals surface area contributed by atoms with Crippen molar-refractivity contribution < 1.29 is 20.1 Å². The molecule has 2 aromatic rings. The Morgan fingerprint density at radius 2 is 0.850 bits per heavy atom. The smallest absolute Gasteiger partial charge is 0.423 e. The Kier molecular flexibility index (Phi) is 4.76. The van der Waals surface area contributed by atoms with Crippen molar-refractivity contribution in [2.24, 2.45) is 0 Å². The van der Waals surface area contributed by atoms with E-state index in [9.17, 15) is 20.1 Å². The SMILES string of the molecule is OB(O)/C(=C(\B(O)O)c1ccccc1)c1ccccc1. The maximum atomic E-state index is 9.62. The second-order valence-corrected chi connectivity index (χ2v) is 4.31. The van der Waals surface area contributed by atoms with Crippen molar-refractivity contribution in [1.82, 2.24) is 0 Å². The molecule has 20 heavy (non-hydrogen) atoms. The lowest BCUT2D eigenvalue weighted by molar-refractivity contribution is 0.422. The zero-order valence-corrected chi connectivity index (χ0v) is 10.7. The molecule has 0 unspecified atom stereocenters. The molecule has 6 heteroatoms. The predicted octanol–water partition coefficient (Wildman–Crippen LogP) is 0.621. The fourth-order valence-corrected chi connectivity index (χ4v) is 2.12. The number of benzene rings is 2. The third kappa shape index (κ3) is 3.18. The fourth-order valence-electron chi connectivity index (χ4n) is 2.12. The minimum atomic E-state index is -1.81. The van der Waals surface area contributed by atoms with Crippen molar-refractivity contribution in [2.75, 3.05) is 0 Å². The highest BCUT2D eigenvalue weighted by molar-refractivity contribution is 6.79. The van der Waals surface area contributed by atoms with Gasteiger partial charge in [0.05, 0.1) is 0 Å². The van der Waals surface area contributed by atoms with Crippen LogP contribution in [0.25, 0.3) is 10.9 Å². The van der Waals surface area contributed by atoms with Crippen LogP contribution in [-0.2, 0) is 0 Å². The van der Waals surface area contributed by atoms with Gasteiger partial charge in [-0.25, -0.2) is 0 Å². The molecule has 0 atom stereocenters. The Bertz CT molecular complexity index is 529. The molecule has 0 fully saturated rings. The first-order valence-corrected chi connectivity index (χ1v) is 6.18. The van der Waals surface area contributed by atoms with E-state index >= 15 is 0 Å². The monoisotopic (exact) mass is 268 g/mol. The van der Waals surface area contributed by atoms with Crippen molar-refractivity contribution in [2.45, 2.75) is 0 Å². The number of hydrogen-bond donors (Lipinski definition) is 4. The largest absolute Gasteiger partial charge is 0.488 e. The Balaban J connectivity index is 2.67. The zero-order valence-electron chi connectivity index (χ0n) is 10.7. The molecule has 0 amide bonds. The van der Waals surface area contributed by atoms with E-state index in [2.05, 4.69) is 0 Å². The van der Waals surface area contributed by atoms with Crippen molar-refractivity contribution in [1.29, 1.82) is 0 Å². The van der Waals surface area contributed by atoms with E-state index in [0.717, 1.165) is 0 Å². The first kappa shape index (κ1) is 14.6. The molecule has 0 saturated carbocycles. The molecule has 0 aliphatic heterocycles. The van der Waals surface area contributed by atoms with Crippen LogP contribution in [0.1, 0.15) is 11.1 Å². The van der Waals surface area contributed by atoms with E-state index in [0.29, 0.717) is 11.1 Å². The van der Waals surface area contributed by atoms with Crippen LogP contribution in [0, 0.1) is 0 Å². The van der Waals surface area contributed by atoms with Gasteiger partial charge in [0.1, 0.15) is 0 Å². The van der Waals surface area contributed by atoms with Gasteiger partial charge in [-0.15, -0.1) is 0 Å². The molecule has 0 aromatic heterocycles. The van der Waals surface area contributed by atoms with Gasteiger partial charge in [0.25, 0.3) is 0 Å². The lowest BCUT2D eigenvalue weighted by Crippen LogP contribution is -2.23. The van der Waals surface area contributed by atoms with Gasteiger partial charge >= 0.3 is 14.2 Å². The lowest BCUT2D eigenvalue weighted by Gasteiger charge is -2.15. The van der Waals surface area contributed by atoms with Gasteiger partial charge in [0, 0.05) is 0 Å². The Labute approximate surface area is 117 Å². The molecule has 0 radical (unpaired) electrons. The third-order valence-corrected chi connectivity index (χ3v) is 2.98. The summed E-state index contributed by atoms with van der Waals surface area (Å²) in [4.78, 5) is 0. The minimum absolute atomic E-state index is 0.0757. The third-order valence-electron chi connectivity index (χ3n) is 2.98. The summed E-state index contributed by atoms with van der Waals surface area (Å²) in [6.45, 7) is 0. The first-order valence-electron chi connectivity index (χ1n) is 6.18. The fraction of sp³-hybridized carbons (Fsp3) is 0. The summed E-state index contributed by atoms with van der Waals surface area (Å²) < 4.78 is 0. The topological polar surface area (TPSA) is 80.9 Å². The summed E-state index contributed by atoms with van der Waals surface area (Å²) in [5.74, 6) is 0. The number of hydrogen-bond acceptors (Lipinski definition) is 4. The summed E-state index contributed by atoms with van der Waals surface area (Å²) in [5.41, 5.74) is 1.20. The van der Waals surface area contributed by atoms with Gasteiger partial charge < -0.3 is 20.1 Å². The molecule has 2 aromatic carbocycles. The highest BCUT2D eigenvalue weighted by Crippen LogP contribution is 2.28. The van der Waals surface area contributed by atoms with Gasteiger partial charge in [-0.3, -0.25) is 0 Å². The van der Waals surface area contributed by atoms with Crippen LogP contribution in [0.4, 0.5) is 0 Å². The molecule has 0 aliphatic carbocycles. The Hall–Kier alpha value is -1.85. The highest BCUT2D eigenvalue weighted by atomic mass is 16.4. The lowest BCUT2D eigenvalue weighted by atomic mass is 9.61. The van der Waals surface area contributed by atoms with E-state index in [1.54, 1.807) is 60.7 Å². The van der Waals surface area contributed by atoms with Crippen LogP contribution in [0.2, 0.25) is 0 Å². The van der Waals surface area contributed by atoms with Gasteiger partial charge in [-0.2, -0.15) is 0 Å². The molecule has 0 heterocycles. The van der Waals surface area contributed by atoms with Crippen molar-refractivity contribution >= 4 is 25.2 Å². The van der Waals surface area contributed by atoms with Crippen LogP contribution < -0.4 is 0 Å². The maximum Gasteiger partial charge on any atom is 0.488 e. The van der Waals surface area contributed by atoms with Crippen molar-refractivity contribution in [3.8, 4) is 0 Å². The van der Waals surface area contributed by atoms with E-state index < -0.39 is 14.2 Å². The molecule has 2 rings (SSSR count). The summed E-state index contributed by atoms with van der Waals surface area (Å²) in [6.07, 6.45) is 0. The Morgan fingerprint density at radius 1 is 0.550 bits per heavy atom. The standard InChI is InChI=1S/C14H14B2O4/c17-15(18)13(11-7-3-1-4-8-11)14(16(19)20)12-9-5-2-6-10-12/h1-10,17-20H/b14-13-. The summed E-state index contributed by atoms with van der Waals surface area (Å²) in [6, 6.07) is 17.3. The number of rotatable bonds is 4. The average Bonchev–Trinajstić information content (AvgIpc) is 2.45. The summed E-state index contributed by atoms with van der Waals surface area (Å²) >= 11 is 0. The second kappa shape index (κ2) is 6.54. The molecule has 0 spiro atoms. The van der Waals surface area contributed by atoms with Crippen LogP contribution in [0.5, 0.6) is 0 Å². The average molecular weight is 268 g/mol. The molecule has 0 bridgehead atoms.